The minimum absolute atomic E-state index is 0.0642. The van der Waals surface area contributed by atoms with Crippen LogP contribution in [0, 0.1) is 5.92 Å². The smallest absolute Gasteiger partial charge is 0.238 e. The van der Waals surface area contributed by atoms with Crippen LogP contribution in [0.1, 0.15) is 20.8 Å². The maximum absolute atomic E-state index is 12.2. The van der Waals surface area contributed by atoms with Crippen LogP contribution in [-0.2, 0) is 9.59 Å². The van der Waals surface area contributed by atoms with E-state index in [1.165, 1.54) is 0 Å². The lowest BCUT2D eigenvalue weighted by Gasteiger charge is -2.20. The van der Waals surface area contributed by atoms with E-state index < -0.39 is 0 Å². The van der Waals surface area contributed by atoms with E-state index in [2.05, 4.69) is 10.6 Å². The van der Waals surface area contributed by atoms with Gasteiger partial charge in [-0.1, -0.05) is 32.9 Å². The zero-order chi connectivity index (χ0) is 17.2. The lowest BCUT2D eigenvalue weighted by atomic mass is 10.2. The Balaban J connectivity index is 2.51. The molecule has 0 heterocycles. The van der Waals surface area contributed by atoms with Crippen LogP contribution in [0.4, 0.5) is 5.69 Å². The number of methoxy groups -OCH3 is 1. The van der Waals surface area contributed by atoms with Crippen LogP contribution >= 0.6 is 0 Å². The van der Waals surface area contributed by atoms with E-state index >= 15 is 0 Å². The van der Waals surface area contributed by atoms with Crippen molar-refractivity contribution in [3.8, 4) is 5.75 Å². The van der Waals surface area contributed by atoms with E-state index in [9.17, 15) is 9.59 Å². The van der Waals surface area contributed by atoms with Gasteiger partial charge in [0.15, 0.2) is 0 Å². The molecule has 0 bridgehead atoms. The van der Waals surface area contributed by atoms with E-state index in [0.717, 1.165) is 0 Å². The second-order valence-electron chi connectivity index (χ2n) is 5.75. The van der Waals surface area contributed by atoms with Gasteiger partial charge >= 0.3 is 0 Å². The van der Waals surface area contributed by atoms with E-state index in [-0.39, 0.29) is 24.9 Å². The maximum Gasteiger partial charge on any atom is 0.238 e. The fourth-order valence-corrected chi connectivity index (χ4v) is 2.00. The molecule has 0 unspecified atom stereocenters. The summed E-state index contributed by atoms with van der Waals surface area (Å²) in [7, 11) is 1.56. The summed E-state index contributed by atoms with van der Waals surface area (Å²) in [4.78, 5) is 25.8. The fraction of sp³-hybridized carbons (Fsp3) is 0.529. The first-order valence-corrected chi connectivity index (χ1v) is 7.88. The number of benzene rings is 1. The molecule has 0 saturated heterocycles. The van der Waals surface area contributed by atoms with Gasteiger partial charge in [0.2, 0.25) is 11.8 Å². The van der Waals surface area contributed by atoms with E-state index in [1.807, 2.05) is 32.9 Å². The molecule has 0 aliphatic carbocycles. The molecule has 0 aromatic heterocycles. The molecule has 1 aromatic carbocycles. The molecular formula is C17H27N3O3. The van der Waals surface area contributed by atoms with Gasteiger partial charge in [0.1, 0.15) is 5.75 Å². The van der Waals surface area contributed by atoms with Crippen molar-refractivity contribution in [3.05, 3.63) is 24.3 Å². The molecule has 0 aliphatic heterocycles. The summed E-state index contributed by atoms with van der Waals surface area (Å²) >= 11 is 0. The third kappa shape index (κ3) is 7.15. The first-order valence-electron chi connectivity index (χ1n) is 7.88. The van der Waals surface area contributed by atoms with E-state index in [4.69, 9.17) is 4.74 Å². The van der Waals surface area contributed by atoms with Crippen LogP contribution in [0.2, 0.25) is 0 Å². The number of nitrogens with one attached hydrogen (secondary N) is 2. The number of carbonyl (C=O) groups is 2. The largest absolute Gasteiger partial charge is 0.495 e. The standard InChI is InChI=1S/C17H27N3O3/c1-5-20(11-16(21)18-10-13(2)3)12-17(22)19-14-8-6-7-9-15(14)23-4/h6-9,13H,5,10-12H2,1-4H3,(H,18,21)(H,19,22). The number of ether oxygens (including phenoxy) is 1. The van der Waals surface area contributed by atoms with Crippen LogP contribution in [-0.4, -0.2) is 50.0 Å². The Hall–Kier alpha value is -2.08. The second-order valence-corrected chi connectivity index (χ2v) is 5.75. The van der Waals surface area contributed by atoms with Crippen molar-refractivity contribution < 1.29 is 14.3 Å². The Kier molecular flexibility index (Phi) is 8.11. The van der Waals surface area contributed by atoms with Gasteiger partial charge < -0.3 is 15.4 Å². The lowest BCUT2D eigenvalue weighted by Crippen LogP contribution is -2.41. The summed E-state index contributed by atoms with van der Waals surface area (Å²) in [5.74, 6) is 0.778. The molecule has 2 amide bonds. The number of para-hydroxylation sites is 2. The van der Waals surface area contributed by atoms with Gasteiger partial charge in [0, 0.05) is 6.54 Å². The first kappa shape index (κ1) is 19.0. The number of likely N-dealkylation sites (N-methyl/N-ethyl adjacent to an activating group) is 1. The normalized spacial score (nSPS) is 10.7. The molecule has 0 fully saturated rings. The minimum Gasteiger partial charge on any atom is -0.495 e. The topological polar surface area (TPSA) is 70.7 Å². The maximum atomic E-state index is 12.2. The summed E-state index contributed by atoms with van der Waals surface area (Å²) in [5, 5.41) is 5.67. The van der Waals surface area contributed by atoms with E-state index in [0.29, 0.717) is 30.4 Å². The highest BCUT2D eigenvalue weighted by Crippen LogP contribution is 2.22. The van der Waals surface area contributed by atoms with Crippen LogP contribution < -0.4 is 15.4 Å². The van der Waals surface area contributed by atoms with Gasteiger partial charge in [0.05, 0.1) is 25.9 Å². The zero-order valence-electron chi connectivity index (χ0n) is 14.4. The number of anilines is 1. The van der Waals surface area contributed by atoms with Crippen LogP contribution in [0.15, 0.2) is 24.3 Å². The highest BCUT2D eigenvalue weighted by molar-refractivity contribution is 5.94. The summed E-state index contributed by atoms with van der Waals surface area (Å²) in [6, 6.07) is 7.23. The summed E-state index contributed by atoms with van der Waals surface area (Å²) in [6.07, 6.45) is 0. The third-order valence-electron chi connectivity index (χ3n) is 3.27. The number of amides is 2. The molecule has 0 atom stereocenters. The Morgan fingerprint density at radius 1 is 1.17 bits per heavy atom. The molecule has 6 nitrogen and oxygen atoms in total. The highest BCUT2D eigenvalue weighted by atomic mass is 16.5. The molecule has 23 heavy (non-hydrogen) atoms. The molecule has 6 heteroatoms. The van der Waals surface area contributed by atoms with Crippen molar-refractivity contribution in [3.63, 3.8) is 0 Å². The Labute approximate surface area is 138 Å². The Morgan fingerprint density at radius 2 is 1.83 bits per heavy atom. The summed E-state index contributed by atoms with van der Waals surface area (Å²) < 4.78 is 5.20. The van der Waals surface area contributed by atoms with Crippen molar-refractivity contribution >= 4 is 17.5 Å². The molecular weight excluding hydrogens is 294 g/mol. The zero-order valence-corrected chi connectivity index (χ0v) is 14.4. The van der Waals surface area contributed by atoms with Gasteiger partial charge in [-0.2, -0.15) is 0 Å². The number of hydrogen-bond donors (Lipinski definition) is 2. The Bertz CT molecular complexity index is 518. The first-order chi connectivity index (χ1) is 11.0. The average molecular weight is 321 g/mol. The van der Waals surface area contributed by atoms with Gasteiger partial charge in [-0.3, -0.25) is 14.5 Å². The van der Waals surface area contributed by atoms with Crippen molar-refractivity contribution in [2.75, 3.05) is 38.6 Å². The number of rotatable bonds is 9. The summed E-state index contributed by atoms with van der Waals surface area (Å²) in [5.41, 5.74) is 0.625. The molecule has 0 spiro atoms. The van der Waals surface area contributed by atoms with Crippen LogP contribution in [0.3, 0.4) is 0 Å². The molecule has 128 valence electrons. The van der Waals surface area contributed by atoms with Gasteiger partial charge in [-0.25, -0.2) is 0 Å². The summed E-state index contributed by atoms with van der Waals surface area (Å²) in [6.45, 7) is 7.63. The second kappa shape index (κ2) is 9.84. The Morgan fingerprint density at radius 3 is 2.43 bits per heavy atom. The molecule has 1 aromatic rings. The number of nitrogens with zero attached hydrogens (tertiary/aromatic N) is 1. The number of hydrogen-bond acceptors (Lipinski definition) is 4. The quantitative estimate of drug-likeness (QED) is 0.727. The molecule has 2 N–H and O–H groups in total. The van der Waals surface area contributed by atoms with Crippen LogP contribution in [0.25, 0.3) is 0 Å². The predicted octanol–water partition coefficient (Wildman–Crippen LogP) is 1.73. The number of carbonyl (C=O) groups excluding carboxylic acids is 2. The molecule has 0 aliphatic rings. The van der Waals surface area contributed by atoms with Gasteiger partial charge in [0.25, 0.3) is 0 Å². The van der Waals surface area contributed by atoms with Crippen molar-refractivity contribution in [2.45, 2.75) is 20.8 Å². The SMILES string of the molecule is CCN(CC(=O)NCC(C)C)CC(=O)Nc1ccccc1OC. The van der Waals surface area contributed by atoms with E-state index in [1.54, 1.807) is 24.1 Å². The van der Waals surface area contributed by atoms with Gasteiger partial charge in [-0.15, -0.1) is 0 Å². The fourth-order valence-electron chi connectivity index (χ4n) is 2.00. The van der Waals surface area contributed by atoms with Crippen molar-refractivity contribution in [1.29, 1.82) is 0 Å². The minimum atomic E-state index is -0.173. The highest BCUT2D eigenvalue weighted by Gasteiger charge is 2.14. The monoisotopic (exact) mass is 321 g/mol. The van der Waals surface area contributed by atoms with Crippen molar-refractivity contribution in [1.82, 2.24) is 10.2 Å². The van der Waals surface area contributed by atoms with Crippen LogP contribution in [0.5, 0.6) is 5.75 Å². The lowest BCUT2D eigenvalue weighted by molar-refractivity contribution is -0.123. The third-order valence-corrected chi connectivity index (χ3v) is 3.27. The van der Waals surface area contributed by atoms with Gasteiger partial charge in [-0.05, 0) is 24.6 Å². The molecule has 0 saturated carbocycles. The van der Waals surface area contributed by atoms with Crippen molar-refractivity contribution in [2.24, 2.45) is 5.92 Å². The average Bonchev–Trinajstić information content (AvgIpc) is 2.52. The molecule has 1 rings (SSSR count). The predicted molar refractivity (Wildman–Crippen MR) is 91.6 cm³/mol. The molecule has 0 radical (unpaired) electrons.